The molecule has 3 heteroatoms. The molecule has 0 aromatic carbocycles. The second-order valence-electron chi connectivity index (χ2n) is 3.95. The third-order valence-corrected chi connectivity index (χ3v) is 2.18. The second-order valence-corrected chi connectivity index (χ2v) is 3.95. The van der Waals surface area contributed by atoms with E-state index in [-0.39, 0.29) is 11.1 Å². The molecule has 0 unspecified atom stereocenters. The van der Waals surface area contributed by atoms with Crippen molar-refractivity contribution in [2.75, 3.05) is 0 Å². The number of carboxylic acids is 1. The smallest absolute Gasteiger partial charge is 0.336 e. The fourth-order valence-electron chi connectivity index (χ4n) is 1.59. The van der Waals surface area contributed by atoms with Gasteiger partial charge < -0.3 is 10.4 Å². The summed E-state index contributed by atoms with van der Waals surface area (Å²) in [6.45, 7) is 11.1. The molecule has 0 saturated carbocycles. The topological polar surface area (TPSA) is 49.3 Å². The fraction of sp³-hybridized carbons (Fsp3) is 0.250. The Kier molecular flexibility index (Phi) is 2.84. The quantitative estimate of drug-likeness (QED) is 0.741. The Labute approximate surface area is 89.5 Å². The summed E-state index contributed by atoms with van der Waals surface area (Å²) in [7, 11) is 0. The van der Waals surface area contributed by atoms with Gasteiger partial charge in [0.2, 0.25) is 0 Å². The van der Waals surface area contributed by atoms with Crippen molar-refractivity contribution < 1.29 is 9.90 Å². The molecular formula is C12H15NO2. The van der Waals surface area contributed by atoms with Crippen LogP contribution in [-0.4, -0.2) is 16.6 Å². The minimum absolute atomic E-state index is 0.267. The van der Waals surface area contributed by atoms with Crippen molar-refractivity contribution in [3.05, 3.63) is 48.2 Å². The van der Waals surface area contributed by atoms with E-state index in [0.29, 0.717) is 11.3 Å². The molecule has 2 N–H and O–H groups in total. The molecule has 80 valence electrons. The highest BCUT2D eigenvalue weighted by molar-refractivity contribution is 5.94. The molecule has 0 aliphatic carbocycles. The predicted octanol–water partition coefficient (Wildman–Crippen LogP) is 2.01. The number of carboxylic acid groups (broad SMARTS) is 1. The van der Waals surface area contributed by atoms with Crippen LogP contribution < -0.4 is 5.32 Å². The van der Waals surface area contributed by atoms with Crippen LogP contribution in [0.15, 0.2) is 48.2 Å². The molecule has 1 rings (SSSR count). The van der Waals surface area contributed by atoms with Gasteiger partial charge in [0.25, 0.3) is 0 Å². The monoisotopic (exact) mass is 205 g/mol. The summed E-state index contributed by atoms with van der Waals surface area (Å²) in [5, 5.41) is 12.3. The zero-order valence-corrected chi connectivity index (χ0v) is 9.00. The summed E-state index contributed by atoms with van der Waals surface area (Å²) < 4.78 is 0. The standard InChI is InChI=1S/C12H15NO2/c1-5-8-9(11(14)15)7-12(3,4)13-10(8)6-2/h5-7,13H,1-2H2,3-4H3,(H,14,15). The van der Waals surface area contributed by atoms with Crippen LogP contribution in [0.4, 0.5) is 0 Å². The van der Waals surface area contributed by atoms with E-state index in [9.17, 15) is 4.79 Å². The van der Waals surface area contributed by atoms with Gasteiger partial charge in [0.1, 0.15) is 0 Å². The molecule has 3 nitrogen and oxygen atoms in total. The van der Waals surface area contributed by atoms with Gasteiger partial charge in [-0.1, -0.05) is 19.2 Å². The SMILES string of the molecule is C=CC1=C(C=C)C(C(=O)O)=CC(C)(C)N1. The largest absolute Gasteiger partial charge is 0.478 e. The van der Waals surface area contributed by atoms with Gasteiger partial charge >= 0.3 is 5.97 Å². The van der Waals surface area contributed by atoms with Gasteiger partial charge in [0.05, 0.1) is 11.1 Å². The average molecular weight is 205 g/mol. The van der Waals surface area contributed by atoms with Crippen molar-refractivity contribution in [1.29, 1.82) is 0 Å². The van der Waals surface area contributed by atoms with E-state index in [0.717, 1.165) is 0 Å². The minimum atomic E-state index is -0.946. The molecule has 0 saturated heterocycles. The van der Waals surface area contributed by atoms with Gasteiger partial charge in [-0.25, -0.2) is 4.79 Å². The van der Waals surface area contributed by atoms with E-state index in [4.69, 9.17) is 5.11 Å². The lowest BCUT2D eigenvalue weighted by Gasteiger charge is -2.31. The maximum absolute atomic E-state index is 11.1. The highest BCUT2D eigenvalue weighted by atomic mass is 16.4. The first-order valence-electron chi connectivity index (χ1n) is 4.65. The molecule has 0 spiro atoms. The Hall–Kier alpha value is -1.77. The van der Waals surface area contributed by atoms with Crippen molar-refractivity contribution in [1.82, 2.24) is 5.32 Å². The molecule has 0 fully saturated rings. The summed E-state index contributed by atoms with van der Waals surface area (Å²) >= 11 is 0. The number of hydrogen-bond acceptors (Lipinski definition) is 2. The van der Waals surface area contributed by atoms with Crippen LogP contribution in [0.3, 0.4) is 0 Å². The molecule has 15 heavy (non-hydrogen) atoms. The first-order chi connectivity index (χ1) is 6.91. The molecule has 0 aromatic rings. The minimum Gasteiger partial charge on any atom is -0.478 e. The van der Waals surface area contributed by atoms with Gasteiger partial charge in [-0.15, -0.1) is 0 Å². The Balaban J connectivity index is 3.35. The first kappa shape index (κ1) is 11.3. The Morgan fingerprint density at radius 3 is 2.47 bits per heavy atom. The van der Waals surface area contributed by atoms with Crippen LogP contribution in [0.1, 0.15) is 13.8 Å². The van der Waals surface area contributed by atoms with E-state index < -0.39 is 5.97 Å². The molecular weight excluding hydrogens is 190 g/mol. The van der Waals surface area contributed by atoms with Crippen LogP contribution in [0.5, 0.6) is 0 Å². The van der Waals surface area contributed by atoms with Gasteiger partial charge in [0, 0.05) is 11.3 Å². The van der Waals surface area contributed by atoms with Gasteiger partial charge in [-0.3, -0.25) is 0 Å². The molecule has 1 aliphatic heterocycles. The van der Waals surface area contributed by atoms with E-state index >= 15 is 0 Å². The van der Waals surface area contributed by atoms with E-state index in [1.54, 1.807) is 12.2 Å². The van der Waals surface area contributed by atoms with Crippen molar-refractivity contribution in [3.8, 4) is 0 Å². The molecule has 0 atom stereocenters. The molecule has 0 aromatic heterocycles. The number of hydrogen-bond donors (Lipinski definition) is 2. The highest BCUT2D eigenvalue weighted by Crippen LogP contribution is 2.26. The molecule has 1 heterocycles. The van der Waals surface area contributed by atoms with E-state index in [1.807, 2.05) is 13.8 Å². The number of rotatable bonds is 3. The summed E-state index contributed by atoms with van der Waals surface area (Å²) in [6.07, 6.45) is 4.81. The number of allylic oxidation sites excluding steroid dienone is 2. The zero-order valence-electron chi connectivity index (χ0n) is 9.00. The Bertz CT molecular complexity index is 386. The Morgan fingerprint density at radius 2 is 2.07 bits per heavy atom. The van der Waals surface area contributed by atoms with Crippen LogP contribution >= 0.6 is 0 Å². The van der Waals surface area contributed by atoms with Crippen LogP contribution in [-0.2, 0) is 4.79 Å². The molecule has 0 radical (unpaired) electrons. The second kappa shape index (κ2) is 3.77. The van der Waals surface area contributed by atoms with Gasteiger partial charge in [0.15, 0.2) is 0 Å². The molecule has 1 aliphatic rings. The number of nitrogens with one attached hydrogen (secondary N) is 1. The molecule has 0 bridgehead atoms. The summed E-state index contributed by atoms with van der Waals surface area (Å²) in [4.78, 5) is 11.1. The van der Waals surface area contributed by atoms with E-state index in [2.05, 4.69) is 18.5 Å². The van der Waals surface area contributed by atoms with Crippen LogP contribution in [0.2, 0.25) is 0 Å². The maximum atomic E-state index is 11.1. The van der Waals surface area contributed by atoms with Crippen molar-refractivity contribution >= 4 is 5.97 Å². The summed E-state index contributed by atoms with van der Waals surface area (Å²) in [6, 6.07) is 0. The number of dihydropyridines is 1. The number of aliphatic carboxylic acids is 1. The predicted molar refractivity (Wildman–Crippen MR) is 60.4 cm³/mol. The summed E-state index contributed by atoms with van der Waals surface area (Å²) in [5.41, 5.74) is 1.17. The fourth-order valence-corrected chi connectivity index (χ4v) is 1.59. The van der Waals surface area contributed by atoms with Crippen molar-refractivity contribution in [2.24, 2.45) is 0 Å². The van der Waals surface area contributed by atoms with Gasteiger partial charge in [-0.05, 0) is 26.0 Å². The molecule has 0 amide bonds. The lowest BCUT2D eigenvalue weighted by Crippen LogP contribution is -2.40. The van der Waals surface area contributed by atoms with Crippen LogP contribution in [0.25, 0.3) is 0 Å². The number of carbonyl (C=O) groups is 1. The normalized spacial score (nSPS) is 18.9. The Morgan fingerprint density at radius 1 is 1.47 bits per heavy atom. The van der Waals surface area contributed by atoms with Gasteiger partial charge in [-0.2, -0.15) is 0 Å². The lowest BCUT2D eigenvalue weighted by molar-refractivity contribution is -0.132. The zero-order chi connectivity index (χ0) is 11.6. The van der Waals surface area contributed by atoms with Crippen LogP contribution in [0, 0.1) is 0 Å². The third-order valence-electron chi connectivity index (χ3n) is 2.18. The highest BCUT2D eigenvalue weighted by Gasteiger charge is 2.26. The van der Waals surface area contributed by atoms with Crippen molar-refractivity contribution in [2.45, 2.75) is 19.4 Å². The first-order valence-corrected chi connectivity index (χ1v) is 4.65. The lowest BCUT2D eigenvalue weighted by atomic mass is 9.90. The van der Waals surface area contributed by atoms with Crippen molar-refractivity contribution in [3.63, 3.8) is 0 Å². The average Bonchev–Trinajstić information content (AvgIpc) is 2.15. The van der Waals surface area contributed by atoms with E-state index in [1.165, 1.54) is 6.08 Å². The maximum Gasteiger partial charge on any atom is 0.336 e. The summed E-state index contributed by atoms with van der Waals surface area (Å²) in [5.74, 6) is -0.946. The third kappa shape index (κ3) is 2.18.